The third-order valence-electron chi connectivity index (χ3n) is 4.31. The first-order valence-electron chi connectivity index (χ1n) is 8.75. The van der Waals surface area contributed by atoms with Crippen molar-refractivity contribution < 1.29 is 4.79 Å². The zero-order valence-electron chi connectivity index (χ0n) is 15.3. The Hall–Kier alpha value is -2.74. The summed E-state index contributed by atoms with van der Waals surface area (Å²) in [4.78, 5) is 17.2. The van der Waals surface area contributed by atoms with Crippen LogP contribution in [0.25, 0.3) is 22.3 Å². The minimum absolute atomic E-state index is 0.341. The molecular weight excluding hydrogens is 429 g/mol. The van der Waals surface area contributed by atoms with E-state index in [1.807, 2.05) is 24.5 Å². The van der Waals surface area contributed by atoms with Crippen LogP contribution in [-0.2, 0) is 6.54 Å². The van der Waals surface area contributed by atoms with Crippen LogP contribution in [0.15, 0.2) is 53.9 Å². The van der Waals surface area contributed by atoms with E-state index in [-0.39, 0.29) is 5.91 Å². The number of nitrogens with one attached hydrogen (secondary N) is 1. The molecule has 4 rings (SSSR count). The van der Waals surface area contributed by atoms with Gasteiger partial charge in [-0.15, -0.1) is 0 Å². The predicted octanol–water partition coefficient (Wildman–Crippen LogP) is 5.25. The molecule has 1 amide bonds. The Balaban J connectivity index is 1.45. The van der Waals surface area contributed by atoms with Gasteiger partial charge in [0.25, 0.3) is 5.91 Å². The fourth-order valence-corrected chi connectivity index (χ4v) is 3.99. The quantitative estimate of drug-likeness (QED) is 0.338. The molecule has 0 fully saturated rings. The Morgan fingerprint density at radius 1 is 1.24 bits per heavy atom. The number of nitrogens with zero attached hydrogens (tertiary/aromatic N) is 4. The first-order chi connectivity index (χ1) is 14.0. The van der Waals surface area contributed by atoms with E-state index in [1.165, 1.54) is 0 Å². The highest BCUT2D eigenvalue weighted by Gasteiger charge is 2.13. The number of rotatable bonds is 5. The first kappa shape index (κ1) is 19.6. The van der Waals surface area contributed by atoms with Gasteiger partial charge in [0.05, 0.1) is 34.3 Å². The van der Waals surface area contributed by atoms with Crippen molar-refractivity contribution in [2.24, 2.45) is 5.10 Å². The summed E-state index contributed by atoms with van der Waals surface area (Å²) in [7, 11) is 0. The lowest BCUT2D eigenvalue weighted by Gasteiger charge is -2.00. The van der Waals surface area contributed by atoms with Crippen LogP contribution in [0.3, 0.4) is 0 Å². The zero-order valence-corrected chi connectivity index (χ0v) is 17.6. The van der Waals surface area contributed by atoms with Gasteiger partial charge >= 0.3 is 0 Å². The van der Waals surface area contributed by atoms with Gasteiger partial charge in [0.15, 0.2) is 0 Å². The minimum Gasteiger partial charge on any atom is -0.331 e. The van der Waals surface area contributed by atoms with Crippen molar-refractivity contribution in [3.63, 3.8) is 0 Å². The average molecular weight is 444 g/mol. The molecule has 0 spiro atoms. The van der Waals surface area contributed by atoms with E-state index < -0.39 is 0 Å². The number of carbonyl (C=O) groups excluding carboxylic acids is 1. The van der Waals surface area contributed by atoms with Gasteiger partial charge in [-0.1, -0.05) is 29.3 Å². The number of aryl methyl sites for hydroxylation is 1. The molecule has 0 radical (unpaired) electrons. The molecule has 0 unspecified atom stereocenters. The molecule has 0 aliphatic heterocycles. The summed E-state index contributed by atoms with van der Waals surface area (Å²) in [6, 6.07) is 12.7. The van der Waals surface area contributed by atoms with Crippen LogP contribution in [0.5, 0.6) is 0 Å². The summed E-state index contributed by atoms with van der Waals surface area (Å²) in [5.74, 6) is -0.341. The highest BCUT2D eigenvalue weighted by atomic mass is 35.5. The average Bonchev–Trinajstić information content (AvgIpc) is 3.34. The molecule has 29 heavy (non-hydrogen) atoms. The normalized spacial score (nSPS) is 11.4. The number of halogens is 2. The SMILES string of the molecule is CCn1cnc2cc(C=NNC(=O)c3cc(-c4ccc(Cl)cc4Cl)ns3)ccc21. The molecule has 4 aromatic rings. The number of amides is 1. The number of aromatic nitrogens is 3. The number of hydrazone groups is 1. The van der Waals surface area contributed by atoms with E-state index in [9.17, 15) is 4.79 Å². The van der Waals surface area contributed by atoms with Crippen LogP contribution in [0.1, 0.15) is 22.2 Å². The molecule has 0 atom stereocenters. The van der Waals surface area contributed by atoms with Crippen molar-refractivity contribution in [3.8, 4) is 11.3 Å². The van der Waals surface area contributed by atoms with Crippen molar-refractivity contribution in [1.82, 2.24) is 19.4 Å². The van der Waals surface area contributed by atoms with Gasteiger partial charge in [0.2, 0.25) is 0 Å². The predicted molar refractivity (Wildman–Crippen MR) is 118 cm³/mol. The van der Waals surface area contributed by atoms with E-state index in [0.717, 1.165) is 40.2 Å². The van der Waals surface area contributed by atoms with E-state index in [2.05, 4.69) is 31.4 Å². The second-order valence-corrected chi connectivity index (χ2v) is 7.83. The summed E-state index contributed by atoms with van der Waals surface area (Å²) in [6.45, 7) is 2.93. The van der Waals surface area contributed by atoms with Gasteiger partial charge in [-0.2, -0.15) is 9.47 Å². The minimum atomic E-state index is -0.341. The Morgan fingerprint density at radius 3 is 2.90 bits per heavy atom. The lowest BCUT2D eigenvalue weighted by Crippen LogP contribution is -2.16. The number of carbonyl (C=O) groups is 1. The molecule has 0 saturated heterocycles. The first-order valence-corrected chi connectivity index (χ1v) is 10.3. The van der Waals surface area contributed by atoms with Crippen molar-refractivity contribution in [2.75, 3.05) is 0 Å². The number of hydrogen-bond acceptors (Lipinski definition) is 5. The Kier molecular flexibility index (Phi) is 5.62. The van der Waals surface area contributed by atoms with Crippen molar-refractivity contribution in [3.05, 3.63) is 69.3 Å². The Labute approximate surface area is 181 Å². The lowest BCUT2D eigenvalue weighted by atomic mass is 10.1. The van der Waals surface area contributed by atoms with E-state index >= 15 is 0 Å². The molecular formula is C20H15Cl2N5OS. The standard InChI is InChI=1S/C20H15Cl2N5OS/c1-2-27-11-23-17-7-12(3-6-18(17)27)10-24-25-20(28)19-9-16(26-29-19)14-5-4-13(21)8-15(14)22/h3-11H,2H2,1H3,(H,25,28). The van der Waals surface area contributed by atoms with Gasteiger partial charge in [-0.25, -0.2) is 10.4 Å². The molecule has 6 nitrogen and oxygen atoms in total. The third kappa shape index (κ3) is 4.17. The van der Waals surface area contributed by atoms with Gasteiger partial charge < -0.3 is 4.57 Å². The van der Waals surface area contributed by atoms with Crippen LogP contribution in [0.4, 0.5) is 0 Å². The molecule has 0 aliphatic rings. The largest absolute Gasteiger partial charge is 0.331 e. The van der Waals surface area contributed by atoms with Gasteiger partial charge in [-0.3, -0.25) is 4.79 Å². The van der Waals surface area contributed by atoms with Crippen LogP contribution >= 0.6 is 34.7 Å². The van der Waals surface area contributed by atoms with E-state index in [0.29, 0.717) is 20.6 Å². The zero-order chi connectivity index (χ0) is 20.4. The third-order valence-corrected chi connectivity index (χ3v) is 5.64. The number of imidazole rings is 1. The molecule has 0 saturated carbocycles. The van der Waals surface area contributed by atoms with Crippen molar-refractivity contribution in [1.29, 1.82) is 0 Å². The van der Waals surface area contributed by atoms with Gasteiger partial charge in [0, 0.05) is 17.1 Å². The summed E-state index contributed by atoms with van der Waals surface area (Å²) >= 11 is 13.2. The summed E-state index contributed by atoms with van der Waals surface area (Å²) in [6.07, 6.45) is 3.39. The maximum Gasteiger partial charge on any atom is 0.283 e. The summed E-state index contributed by atoms with van der Waals surface area (Å²) < 4.78 is 6.36. The van der Waals surface area contributed by atoms with Crippen LogP contribution < -0.4 is 5.43 Å². The van der Waals surface area contributed by atoms with E-state index in [4.69, 9.17) is 23.2 Å². The second kappa shape index (κ2) is 8.32. The summed E-state index contributed by atoms with van der Waals surface area (Å²) in [5, 5.41) is 5.06. The highest BCUT2D eigenvalue weighted by molar-refractivity contribution is 7.08. The molecule has 2 aromatic heterocycles. The molecule has 2 heterocycles. The van der Waals surface area contributed by atoms with Gasteiger partial charge in [0.1, 0.15) is 4.88 Å². The fraction of sp³-hybridized carbons (Fsp3) is 0.100. The number of hydrogen-bond donors (Lipinski definition) is 1. The molecule has 2 aromatic carbocycles. The molecule has 1 N–H and O–H groups in total. The van der Waals surface area contributed by atoms with Crippen molar-refractivity contribution >= 4 is 57.9 Å². The van der Waals surface area contributed by atoms with Crippen molar-refractivity contribution in [2.45, 2.75) is 13.5 Å². The molecule has 9 heteroatoms. The highest BCUT2D eigenvalue weighted by Crippen LogP contribution is 2.31. The molecule has 0 aliphatic carbocycles. The van der Waals surface area contributed by atoms with E-state index in [1.54, 1.807) is 30.5 Å². The molecule has 0 bridgehead atoms. The number of fused-ring (bicyclic) bond motifs is 1. The fourth-order valence-electron chi connectivity index (χ4n) is 2.84. The van der Waals surface area contributed by atoms with Crippen LogP contribution in [0, 0.1) is 0 Å². The summed E-state index contributed by atoms with van der Waals surface area (Å²) in [5.41, 5.74) is 6.64. The van der Waals surface area contributed by atoms with Crippen LogP contribution in [0.2, 0.25) is 10.0 Å². The number of benzene rings is 2. The Bertz CT molecular complexity index is 1230. The molecule has 146 valence electrons. The Morgan fingerprint density at radius 2 is 2.10 bits per heavy atom. The van der Waals surface area contributed by atoms with Crippen LogP contribution in [-0.4, -0.2) is 26.0 Å². The maximum atomic E-state index is 12.3. The van der Waals surface area contributed by atoms with Gasteiger partial charge in [-0.05, 0) is 60.4 Å². The second-order valence-electron chi connectivity index (χ2n) is 6.18. The smallest absolute Gasteiger partial charge is 0.283 e. The maximum absolute atomic E-state index is 12.3. The topological polar surface area (TPSA) is 72.2 Å². The lowest BCUT2D eigenvalue weighted by molar-refractivity contribution is 0.0959. The monoisotopic (exact) mass is 443 g/mol.